The minimum Gasteiger partial charge on any atom is -0.489 e. The molecular weight excluding hydrogens is 314 g/mol. The zero-order valence-electron chi connectivity index (χ0n) is 11.7. The summed E-state index contributed by atoms with van der Waals surface area (Å²) in [6, 6.07) is 14.2. The predicted octanol–water partition coefficient (Wildman–Crippen LogP) is 4.95. The molecule has 2 nitrogen and oxygen atoms in total. The first-order valence-electron chi connectivity index (χ1n) is 6.94. The monoisotopic (exact) mass is 333 g/mol. The van der Waals surface area contributed by atoms with Gasteiger partial charge in [0.25, 0.3) is 0 Å². The number of ether oxygens (including phenoxy) is 1. The van der Waals surface area contributed by atoms with Crippen LogP contribution >= 0.6 is 15.9 Å². The van der Waals surface area contributed by atoms with E-state index in [2.05, 4.69) is 35.0 Å². The van der Waals surface area contributed by atoms with Crippen molar-refractivity contribution >= 4 is 21.6 Å². The van der Waals surface area contributed by atoms with Crippen LogP contribution in [0.1, 0.15) is 30.9 Å². The topological polar surface area (TPSA) is 35.2 Å². The summed E-state index contributed by atoms with van der Waals surface area (Å²) in [4.78, 5) is 0. The zero-order chi connectivity index (χ0) is 14.4. The average Bonchev–Trinajstić information content (AvgIpc) is 2.45. The Morgan fingerprint density at radius 1 is 1.10 bits per heavy atom. The maximum absolute atomic E-state index is 5.95. The Labute approximate surface area is 129 Å². The smallest absolute Gasteiger partial charge is 0.119 e. The molecule has 0 heterocycles. The van der Waals surface area contributed by atoms with Gasteiger partial charge in [-0.05, 0) is 42.7 Å². The molecule has 0 aromatic heterocycles. The van der Waals surface area contributed by atoms with Gasteiger partial charge in [-0.25, -0.2) is 0 Å². The first-order chi connectivity index (χ1) is 9.69. The number of anilines is 1. The van der Waals surface area contributed by atoms with Crippen LogP contribution in [0.25, 0.3) is 0 Å². The Hall–Kier alpha value is -1.48. The van der Waals surface area contributed by atoms with E-state index in [1.165, 1.54) is 18.4 Å². The number of hydrogen-bond acceptors (Lipinski definition) is 2. The van der Waals surface area contributed by atoms with E-state index in [0.29, 0.717) is 6.61 Å². The van der Waals surface area contributed by atoms with Crippen LogP contribution in [-0.2, 0) is 13.0 Å². The van der Waals surface area contributed by atoms with Gasteiger partial charge in [-0.3, -0.25) is 0 Å². The second kappa shape index (κ2) is 7.34. The van der Waals surface area contributed by atoms with Gasteiger partial charge in [0.05, 0.1) is 0 Å². The van der Waals surface area contributed by atoms with Crippen molar-refractivity contribution in [1.82, 2.24) is 0 Å². The van der Waals surface area contributed by atoms with Crippen molar-refractivity contribution in [3.63, 3.8) is 0 Å². The van der Waals surface area contributed by atoms with E-state index in [-0.39, 0.29) is 0 Å². The zero-order valence-corrected chi connectivity index (χ0v) is 13.3. The molecule has 0 radical (unpaired) electrons. The molecule has 20 heavy (non-hydrogen) atoms. The normalized spacial score (nSPS) is 10.5. The first kappa shape index (κ1) is 14.9. The molecule has 0 saturated heterocycles. The van der Waals surface area contributed by atoms with Crippen LogP contribution in [0.4, 0.5) is 5.69 Å². The second-order valence-corrected chi connectivity index (χ2v) is 5.79. The number of unbranched alkanes of at least 4 members (excludes halogenated alkanes) is 1. The third-order valence-electron chi connectivity index (χ3n) is 3.24. The van der Waals surface area contributed by atoms with Crippen molar-refractivity contribution in [1.29, 1.82) is 0 Å². The molecule has 0 aliphatic rings. The lowest BCUT2D eigenvalue weighted by Crippen LogP contribution is -2.00. The molecule has 0 saturated carbocycles. The van der Waals surface area contributed by atoms with Crippen LogP contribution in [0.15, 0.2) is 46.9 Å². The molecule has 2 rings (SSSR count). The summed E-state index contributed by atoms with van der Waals surface area (Å²) in [5.74, 6) is 0.882. The Morgan fingerprint density at radius 3 is 2.50 bits per heavy atom. The average molecular weight is 334 g/mol. The Bertz CT molecular complexity index is 551. The van der Waals surface area contributed by atoms with Gasteiger partial charge in [0.1, 0.15) is 12.4 Å². The fourth-order valence-electron chi connectivity index (χ4n) is 1.99. The van der Waals surface area contributed by atoms with E-state index in [4.69, 9.17) is 10.5 Å². The molecule has 2 aromatic carbocycles. The minimum absolute atomic E-state index is 0.493. The van der Waals surface area contributed by atoms with Gasteiger partial charge < -0.3 is 10.5 Å². The minimum atomic E-state index is 0.493. The third-order valence-corrected chi connectivity index (χ3v) is 3.74. The summed E-state index contributed by atoms with van der Waals surface area (Å²) in [7, 11) is 0. The van der Waals surface area contributed by atoms with E-state index in [1.54, 1.807) is 0 Å². The number of rotatable bonds is 6. The van der Waals surface area contributed by atoms with E-state index in [9.17, 15) is 0 Å². The number of nitrogen functional groups attached to an aromatic ring is 1. The van der Waals surface area contributed by atoms with E-state index < -0.39 is 0 Å². The van der Waals surface area contributed by atoms with Gasteiger partial charge in [0, 0.05) is 15.7 Å². The first-order valence-corrected chi connectivity index (χ1v) is 7.74. The van der Waals surface area contributed by atoms with Crippen LogP contribution in [0, 0.1) is 0 Å². The van der Waals surface area contributed by atoms with Crippen molar-refractivity contribution in [2.24, 2.45) is 0 Å². The number of benzene rings is 2. The molecule has 0 bridgehead atoms. The lowest BCUT2D eigenvalue weighted by Gasteiger charge is -2.09. The highest BCUT2D eigenvalue weighted by Crippen LogP contribution is 2.21. The highest BCUT2D eigenvalue weighted by Gasteiger charge is 2.02. The summed E-state index contributed by atoms with van der Waals surface area (Å²) in [6.45, 7) is 2.70. The summed E-state index contributed by atoms with van der Waals surface area (Å²) < 4.78 is 6.76. The lowest BCUT2D eigenvalue weighted by molar-refractivity contribution is 0.307. The molecule has 0 amide bonds. The summed E-state index contributed by atoms with van der Waals surface area (Å²) in [6.07, 6.45) is 3.59. The van der Waals surface area contributed by atoms with Crippen molar-refractivity contribution in [3.05, 3.63) is 58.1 Å². The number of hydrogen-bond donors (Lipinski definition) is 1. The van der Waals surface area contributed by atoms with E-state index in [0.717, 1.165) is 27.9 Å². The van der Waals surface area contributed by atoms with Crippen LogP contribution in [-0.4, -0.2) is 0 Å². The van der Waals surface area contributed by atoms with Crippen molar-refractivity contribution in [2.45, 2.75) is 32.8 Å². The fourth-order valence-corrected chi connectivity index (χ4v) is 2.37. The highest BCUT2D eigenvalue weighted by atomic mass is 79.9. The fraction of sp³-hybridized carbons (Fsp3) is 0.294. The molecule has 0 aliphatic heterocycles. The van der Waals surface area contributed by atoms with Gasteiger partial charge in [-0.1, -0.05) is 47.5 Å². The largest absolute Gasteiger partial charge is 0.489 e. The predicted molar refractivity (Wildman–Crippen MR) is 87.9 cm³/mol. The lowest BCUT2D eigenvalue weighted by atomic mass is 10.1. The summed E-state index contributed by atoms with van der Waals surface area (Å²) >= 11 is 3.40. The number of aryl methyl sites for hydroxylation is 1. The summed E-state index contributed by atoms with van der Waals surface area (Å²) in [5.41, 5.74) is 9.07. The molecule has 0 aliphatic carbocycles. The SMILES string of the molecule is CCCCc1ccc(OCc2ccc(Br)cc2N)cc1. The Balaban J connectivity index is 1.93. The Morgan fingerprint density at radius 2 is 1.85 bits per heavy atom. The van der Waals surface area contributed by atoms with Crippen molar-refractivity contribution in [2.75, 3.05) is 5.73 Å². The maximum atomic E-state index is 5.95. The van der Waals surface area contributed by atoms with Crippen LogP contribution in [0.5, 0.6) is 5.75 Å². The maximum Gasteiger partial charge on any atom is 0.119 e. The van der Waals surface area contributed by atoms with E-state index >= 15 is 0 Å². The molecule has 2 aromatic rings. The van der Waals surface area contributed by atoms with Crippen LogP contribution in [0.3, 0.4) is 0 Å². The van der Waals surface area contributed by atoms with Gasteiger partial charge in [0.15, 0.2) is 0 Å². The number of halogens is 1. The molecular formula is C17H20BrNO. The molecule has 106 valence electrons. The summed E-state index contributed by atoms with van der Waals surface area (Å²) in [5, 5.41) is 0. The third kappa shape index (κ3) is 4.27. The van der Waals surface area contributed by atoms with E-state index in [1.807, 2.05) is 30.3 Å². The molecule has 0 fully saturated rings. The molecule has 3 heteroatoms. The van der Waals surface area contributed by atoms with Crippen LogP contribution in [0.2, 0.25) is 0 Å². The van der Waals surface area contributed by atoms with Gasteiger partial charge in [-0.2, -0.15) is 0 Å². The van der Waals surface area contributed by atoms with Gasteiger partial charge in [-0.15, -0.1) is 0 Å². The molecule has 0 unspecified atom stereocenters. The molecule has 0 atom stereocenters. The second-order valence-electron chi connectivity index (χ2n) is 4.88. The quantitative estimate of drug-likeness (QED) is 0.759. The van der Waals surface area contributed by atoms with Crippen molar-refractivity contribution < 1.29 is 4.74 Å². The van der Waals surface area contributed by atoms with Crippen LogP contribution < -0.4 is 10.5 Å². The Kier molecular flexibility index (Phi) is 5.48. The van der Waals surface area contributed by atoms with Gasteiger partial charge in [0.2, 0.25) is 0 Å². The molecule has 2 N–H and O–H groups in total. The van der Waals surface area contributed by atoms with Crippen molar-refractivity contribution in [3.8, 4) is 5.75 Å². The van der Waals surface area contributed by atoms with Gasteiger partial charge >= 0.3 is 0 Å². The highest BCUT2D eigenvalue weighted by molar-refractivity contribution is 9.10. The molecule has 0 spiro atoms. The standard InChI is InChI=1S/C17H20BrNO/c1-2-3-4-13-5-9-16(10-6-13)20-12-14-7-8-15(18)11-17(14)19/h5-11H,2-4,12,19H2,1H3. The number of nitrogens with two attached hydrogens (primary N) is 1.